The molecule has 0 saturated carbocycles. The zero-order valence-electron chi connectivity index (χ0n) is 16.5. The maximum absolute atomic E-state index is 13.0. The molecule has 7 nitrogen and oxygen atoms in total. The summed E-state index contributed by atoms with van der Waals surface area (Å²) < 4.78 is 6.33. The number of rotatable bonds is 8. The van der Waals surface area contributed by atoms with Gasteiger partial charge in [-0.25, -0.2) is 9.78 Å². The molecule has 1 aromatic heterocycles. The zero-order chi connectivity index (χ0) is 20.8. The Morgan fingerprint density at radius 2 is 2.07 bits per heavy atom. The molecule has 0 unspecified atom stereocenters. The summed E-state index contributed by atoms with van der Waals surface area (Å²) in [6.45, 7) is 10.2. The van der Waals surface area contributed by atoms with E-state index in [9.17, 15) is 14.4 Å². The Hall–Kier alpha value is -2.61. The molecule has 0 aliphatic rings. The fourth-order valence-electron chi connectivity index (χ4n) is 2.59. The van der Waals surface area contributed by atoms with Crippen LogP contribution in [0.25, 0.3) is 10.9 Å². The lowest BCUT2D eigenvalue weighted by atomic mass is 10.1. The molecule has 0 aliphatic heterocycles. The number of benzene rings is 1. The molecule has 1 N–H and O–H groups in total. The summed E-state index contributed by atoms with van der Waals surface area (Å²) in [5.41, 5.74) is 0.515. The van der Waals surface area contributed by atoms with Crippen LogP contribution in [0, 0.1) is 5.92 Å². The van der Waals surface area contributed by atoms with E-state index in [1.54, 1.807) is 29.7 Å². The summed E-state index contributed by atoms with van der Waals surface area (Å²) in [7, 11) is 1.30. The van der Waals surface area contributed by atoms with Crippen LogP contribution < -0.4 is 10.9 Å². The van der Waals surface area contributed by atoms with Crippen molar-refractivity contribution in [3.8, 4) is 0 Å². The van der Waals surface area contributed by atoms with Crippen LogP contribution in [-0.4, -0.2) is 40.3 Å². The first-order valence-corrected chi connectivity index (χ1v) is 9.84. The molecule has 2 rings (SSSR count). The van der Waals surface area contributed by atoms with Crippen LogP contribution in [0.15, 0.2) is 40.8 Å². The molecular formula is C20H25N3O4S. The number of nitrogens with one attached hydrogen (secondary N) is 1. The van der Waals surface area contributed by atoms with Gasteiger partial charge in [0.15, 0.2) is 5.16 Å². The van der Waals surface area contributed by atoms with E-state index >= 15 is 0 Å². The molecule has 1 heterocycles. The number of amides is 1. The predicted molar refractivity (Wildman–Crippen MR) is 111 cm³/mol. The number of esters is 1. The average Bonchev–Trinajstić information content (AvgIpc) is 2.67. The lowest BCUT2D eigenvalue weighted by Gasteiger charge is -2.17. The molecule has 2 aromatic rings. The van der Waals surface area contributed by atoms with Gasteiger partial charge in [0.25, 0.3) is 5.56 Å². The summed E-state index contributed by atoms with van der Waals surface area (Å²) in [5, 5.41) is 3.15. The van der Waals surface area contributed by atoms with Crippen molar-refractivity contribution in [1.29, 1.82) is 0 Å². The quantitative estimate of drug-likeness (QED) is 0.315. The van der Waals surface area contributed by atoms with Crippen molar-refractivity contribution in [3.05, 3.63) is 46.8 Å². The van der Waals surface area contributed by atoms with Crippen molar-refractivity contribution in [3.63, 3.8) is 0 Å². The molecule has 0 saturated heterocycles. The largest absolute Gasteiger partial charge is 0.465 e. The fourth-order valence-corrected chi connectivity index (χ4v) is 3.53. The van der Waals surface area contributed by atoms with Gasteiger partial charge >= 0.3 is 5.97 Å². The number of nitrogens with zero attached hydrogens (tertiary/aromatic N) is 2. The molecular weight excluding hydrogens is 378 g/mol. The van der Waals surface area contributed by atoms with E-state index in [2.05, 4.69) is 16.9 Å². The zero-order valence-corrected chi connectivity index (χ0v) is 17.3. The SMILES string of the molecule is C=CCNC(=O)[C@@H](C)Sc1nc2cc(C(=O)OC)ccc2c(=O)n1CC(C)C. The number of carbonyl (C=O) groups is 2. The highest BCUT2D eigenvalue weighted by Crippen LogP contribution is 2.24. The van der Waals surface area contributed by atoms with Crippen LogP contribution >= 0.6 is 11.8 Å². The van der Waals surface area contributed by atoms with Crippen molar-refractivity contribution in [1.82, 2.24) is 14.9 Å². The van der Waals surface area contributed by atoms with Crippen LogP contribution in [0.1, 0.15) is 31.1 Å². The Labute approximate surface area is 168 Å². The van der Waals surface area contributed by atoms with Gasteiger partial charge in [0.05, 0.1) is 28.8 Å². The maximum Gasteiger partial charge on any atom is 0.337 e. The molecule has 28 heavy (non-hydrogen) atoms. The third-order valence-corrected chi connectivity index (χ3v) is 5.05. The number of aromatic nitrogens is 2. The summed E-state index contributed by atoms with van der Waals surface area (Å²) in [6, 6.07) is 4.67. The molecule has 0 aliphatic carbocycles. The minimum atomic E-state index is -0.499. The summed E-state index contributed by atoms with van der Waals surface area (Å²) >= 11 is 1.21. The number of carbonyl (C=O) groups excluding carboxylic acids is 2. The molecule has 1 amide bonds. The van der Waals surface area contributed by atoms with Gasteiger partial charge in [-0.2, -0.15) is 0 Å². The van der Waals surface area contributed by atoms with E-state index < -0.39 is 11.2 Å². The lowest BCUT2D eigenvalue weighted by molar-refractivity contribution is -0.120. The smallest absolute Gasteiger partial charge is 0.337 e. The van der Waals surface area contributed by atoms with E-state index in [1.165, 1.54) is 24.9 Å². The molecule has 150 valence electrons. The van der Waals surface area contributed by atoms with Crippen LogP contribution in [0.2, 0.25) is 0 Å². The number of ether oxygens (including phenoxy) is 1. The minimum absolute atomic E-state index is 0.168. The van der Waals surface area contributed by atoms with Crippen LogP contribution in [0.5, 0.6) is 0 Å². The molecule has 0 bridgehead atoms. The third-order valence-electron chi connectivity index (χ3n) is 3.96. The Morgan fingerprint density at radius 3 is 2.68 bits per heavy atom. The van der Waals surface area contributed by atoms with Crippen LogP contribution in [0.4, 0.5) is 0 Å². The van der Waals surface area contributed by atoms with Gasteiger partial charge in [0, 0.05) is 13.1 Å². The van der Waals surface area contributed by atoms with Gasteiger partial charge < -0.3 is 10.1 Å². The Kier molecular flexibility index (Phi) is 7.39. The summed E-state index contributed by atoms with van der Waals surface area (Å²) in [6.07, 6.45) is 1.60. The predicted octanol–water partition coefficient (Wildman–Crippen LogP) is 2.62. The summed E-state index contributed by atoms with van der Waals surface area (Å²) in [5.74, 6) is -0.448. The van der Waals surface area contributed by atoms with Crippen molar-refractivity contribution in [2.45, 2.75) is 37.7 Å². The normalized spacial score (nSPS) is 12.0. The number of methoxy groups -OCH3 is 1. The fraction of sp³-hybridized carbons (Fsp3) is 0.400. The highest BCUT2D eigenvalue weighted by Gasteiger charge is 2.20. The topological polar surface area (TPSA) is 90.3 Å². The second kappa shape index (κ2) is 9.54. The van der Waals surface area contributed by atoms with Gasteiger partial charge in [-0.1, -0.05) is 31.7 Å². The van der Waals surface area contributed by atoms with Crippen molar-refractivity contribution >= 4 is 34.5 Å². The molecule has 0 fully saturated rings. The Morgan fingerprint density at radius 1 is 1.36 bits per heavy atom. The molecule has 8 heteroatoms. The lowest BCUT2D eigenvalue weighted by Crippen LogP contribution is -2.32. The first-order chi connectivity index (χ1) is 13.3. The molecule has 1 atom stereocenters. The van der Waals surface area contributed by atoms with Crippen molar-refractivity contribution in [2.75, 3.05) is 13.7 Å². The average molecular weight is 404 g/mol. The van der Waals surface area contributed by atoms with Crippen LogP contribution in [-0.2, 0) is 16.1 Å². The minimum Gasteiger partial charge on any atom is -0.465 e. The third kappa shape index (κ3) is 5.01. The first-order valence-electron chi connectivity index (χ1n) is 8.96. The highest BCUT2D eigenvalue weighted by molar-refractivity contribution is 8.00. The van der Waals surface area contributed by atoms with Crippen LogP contribution in [0.3, 0.4) is 0 Å². The standard InChI is InChI=1S/C20H25N3O4S/c1-6-9-21-17(24)13(4)28-20-22-16-10-14(19(26)27-5)7-8-15(16)18(25)23(20)11-12(2)3/h6-8,10,12-13H,1,9,11H2,2-5H3,(H,21,24)/t13-/m1/s1. The van der Waals surface area contributed by atoms with Gasteiger partial charge in [0.2, 0.25) is 5.91 Å². The van der Waals surface area contributed by atoms with E-state index in [-0.39, 0.29) is 17.4 Å². The number of hydrogen-bond donors (Lipinski definition) is 1. The van der Waals surface area contributed by atoms with Gasteiger partial charge in [-0.3, -0.25) is 14.2 Å². The Balaban J connectivity index is 2.53. The Bertz CT molecular complexity index is 952. The second-order valence-electron chi connectivity index (χ2n) is 6.72. The van der Waals surface area contributed by atoms with E-state index in [0.717, 1.165) is 0 Å². The van der Waals surface area contributed by atoms with Crippen molar-refractivity contribution in [2.24, 2.45) is 5.92 Å². The van der Waals surface area contributed by atoms with Gasteiger partial charge in [-0.05, 0) is 31.0 Å². The van der Waals surface area contributed by atoms with E-state index in [1.807, 2.05) is 13.8 Å². The van der Waals surface area contributed by atoms with Crippen molar-refractivity contribution < 1.29 is 14.3 Å². The number of hydrogen-bond acceptors (Lipinski definition) is 6. The first kappa shape index (κ1) is 21.7. The number of thioether (sulfide) groups is 1. The molecule has 1 aromatic carbocycles. The van der Waals surface area contributed by atoms with Gasteiger partial charge in [-0.15, -0.1) is 6.58 Å². The van der Waals surface area contributed by atoms with E-state index in [4.69, 9.17) is 4.74 Å². The molecule has 0 spiro atoms. The molecule has 0 radical (unpaired) electrons. The van der Waals surface area contributed by atoms with E-state index in [0.29, 0.717) is 34.7 Å². The second-order valence-corrected chi connectivity index (χ2v) is 8.03. The van der Waals surface area contributed by atoms with Gasteiger partial charge in [0.1, 0.15) is 0 Å². The highest BCUT2D eigenvalue weighted by atomic mass is 32.2. The maximum atomic E-state index is 13.0. The summed E-state index contributed by atoms with van der Waals surface area (Å²) in [4.78, 5) is 41.6. The number of fused-ring (bicyclic) bond motifs is 1. The monoisotopic (exact) mass is 403 g/mol.